The van der Waals surface area contributed by atoms with Gasteiger partial charge in [-0.15, -0.1) is 0 Å². The number of nitro groups is 1. The molecule has 0 saturated carbocycles. The maximum Gasteiger partial charge on any atom is 0.293 e. The molecule has 7 nitrogen and oxygen atoms in total. The summed E-state index contributed by atoms with van der Waals surface area (Å²) in [5.41, 5.74) is 0.135. The molecule has 0 aromatic heterocycles. The van der Waals surface area contributed by atoms with Crippen molar-refractivity contribution in [2.75, 3.05) is 18.4 Å². The van der Waals surface area contributed by atoms with Crippen LogP contribution in [0.3, 0.4) is 0 Å². The number of hydrogen-bond donors (Lipinski definition) is 1. The second-order valence-corrected chi connectivity index (χ2v) is 7.93. The molecular formula is C17H18FN3O4S. The number of nitrogens with zero attached hydrogens (tertiary/aromatic N) is 2. The number of nitrogens with one attached hydrogen (secondary N) is 1. The van der Waals surface area contributed by atoms with Crippen LogP contribution in [0.2, 0.25) is 0 Å². The molecule has 0 radical (unpaired) electrons. The monoisotopic (exact) mass is 379 g/mol. The van der Waals surface area contributed by atoms with Crippen molar-refractivity contribution in [1.29, 1.82) is 0 Å². The van der Waals surface area contributed by atoms with Crippen LogP contribution in [0.15, 0.2) is 47.4 Å². The average molecular weight is 379 g/mol. The van der Waals surface area contributed by atoms with Crippen molar-refractivity contribution in [1.82, 2.24) is 4.31 Å². The van der Waals surface area contributed by atoms with Crippen molar-refractivity contribution >= 4 is 21.4 Å². The van der Waals surface area contributed by atoms with Crippen LogP contribution in [0.5, 0.6) is 0 Å². The third-order valence-electron chi connectivity index (χ3n) is 4.30. The summed E-state index contributed by atoms with van der Waals surface area (Å²) in [6, 6.07) is 9.83. The first-order valence-electron chi connectivity index (χ1n) is 8.15. The minimum Gasteiger partial charge on any atom is -0.375 e. The number of sulfonamides is 1. The molecule has 1 aliphatic rings. The summed E-state index contributed by atoms with van der Waals surface area (Å²) >= 11 is 0. The fourth-order valence-corrected chi connectivity index (χ4v) is 4.42. The van der Waals surface area contributed by atoms with Gasteiger partial charge in [0.25, 0.3) is 5.69 Å². The van der Waals surface area contributed by atoms with E-state index in [9.17, 15) is 22.9 Å². The maximum atomic E-state index is 13.7. The summed E-state index contributed by atoms with van der Waals surface area (Å²) in [5, 5.41) is 14.2. The zero-order valence-electron chi connectivity index (χ0n) is 13.9. The van der Waals surface area contributed by atoms with E-state index in [0.29, 0.717) is 18.7 Å². The standard InChI is InChI=1S/C17H18FN3O4S/c18-15-6-2-1-5-13(15)12-19-16-8-7-14(11-17(16)21(22)23)26(24,25)20-9-3-4-10-20/h1-2,5-8,11,19H,3-4,9-10,12H2. The van der Waals surface area contributed by atoms with Gasteiger partial charge in [0.15, 0.2) is 0 Å². The van der Waals surface area contributed by atoms with Crippen LogP contribution in [-0.4, -0.2) is 30.7 Å². The van der Waals surface area contributed by atoms with Gasteiger partial charge in [-0.2, -0.15) is 4.31 Å². The normalized spacial score (nSPS) is 15.1. The Bertz CT molecular complexity index is 927. The molecule has 0 spiro atoms. The van der Waals surface area contributed by atoms with Gasteiger partial charge in [-0.05, 0) is 31.0 Å². The first-order chi connectivity index (χ1) is 12.4. The highest BCUT2D eigenvalue weighted by Gasteiger charge is 2.29. The number of rotatable bonds is 6. The summed E-state index contributed by atoms with van der Waals surface area (Å²) in [6.07, 6.45) is 1.56. The number of anilines is 1. The van der Waals surface area contributed by atoms with Gasteiger partial charge in [-0.3, -0.25) is 10.1 Å². The highest BCUT2D eigenvalue weighted by molar-refractivity contribution is 7.89. The van der Waals surface area contributed by atoms with E-state index < -0.39 is 20.8 Å². The first kappa shape index (κ1) is 18.3. The SMILES string of the molecule is O=[N+]([O-])c1cc(S(=O)(=O)N2CCCC2)ccc1NCc1ccccc1F. The Hall–Kier alpha value is -2.52. The van der Waals surface area contributed by atoms with E-state index in [1.165, 1.54) is 22.5 Å². The summed E-state index contributed by atoms with van der Waals surface area (Å²) in [6.45, 7) is 0.887. The second-order valence-electron chi connectivity index (χ2n) is 5.99. The molecule has 0 amide bonds. The summed E-state index contributed by atoms with van der Waals surface area (Å²) in [4.78, 5) is 10.6. The number of halogens is 1. The van der Waals surface area contributed by atoms with E-state index in [4.69, 9.17) is 0 Å². The van der Waals surface area contributed by atoms with Crippen molar-refractivity contribution in [3.05, 3.63) is 64.0 Å². The quantitative estimate of drug-likeness (QED) is 0.615. The first-order valence-corrected chi connectivity index (χ1v) is 9.59. The highest BCUT2D eigenvalue weighted by Crippen LogP contribution is 2.30. The Morgan fingerprint density at radius 3 is 2.50 bits per heavy atom. The number of nitro benzene ring substituents is 1. The lowest BCUT2D eigenvalue weighted by molar-refractivity contribution is -0.384. The van der Waals surface area contributed by atoms with Gasteiger partial charge in [-0.25, -0.2) is 12.8 Å². The molecule has 0 bridgehead atoms. The van der Waals surface area contributed by atoms with Crippen molar-refractivity contribution in [3.63, 3.8) is 0 Å². The van der Waals surface area contributed by atoms with Crippen molar-refractivity contribution < 1.29 is 17.7 Å². The predicted molar refractivity (Wildman–Crippen MR) is 94.8 cm³/mol. The fourth-order valence-electron chi connectivity index (χ4n) is 2.88. The number of hydrogen-bond acceptors (Lipinski definition) is 5. The molecule has 2 aromatic rings. The van der Waals surface area contributed by atoms with E-state index in [2.05, 4.69) is 5.32 Å². The maximum absolute atomic E-state index is 13.7. The van der Waals surface area contributed by atoms with Crippen LogP contribution in [0.25, 0.3) is 0 Å². The van der Waals surface area contributed by atoms with Crippen LogP contribution >= 0.6 is 0 Å². The third-order valence-corrected chi connectivity index (χ3v) is 6.19. The number of benzene rings is 2. The molecule has 1 aliphatic heterocycles. The summed E-state index contributed by atoms with van der Waals surface area (Å²) in [5.74, 6) is -0.420. The highest BCUT2D eigenvalue weighted by atomic mass is 32.2. The lowest BCUT2D eigenvalue weighted by atomic mass is 10.2. The molecule has 2 aromatic carbocycles. The third kappa shape index (κ3) is 3.68. The van der Waals surface area contributed by atoms with Crippen LogP contribution in [0, 0.1) is 15.9 Å². The summed E-state index contributed by atoms with van der Waals surface area (Å²) in [7, 11) is -3.74. The summed E-state index contributed by atoms with van der Waals surface area (Å²) < 4.78 is 40.2. The van der Waals surface area contributed by atoms with Gasteiger partial charge in [0.2, 0.25) is 10.0 Å². The van der Waals surface area contributed by atoms with Crippen LogP contribution in [0.1, 0.15) is 18.4 Å². The average Bonchev–Trinajstić information content (AvgIpc) is 3.16. The van der Waals surface area contributed by atoms with Crippen molar-refractivity contribution in [3.8, 4) is 0 Å². The van der Waals surface area contributed by atoms with E-state index >= 15 is 0 Å². The molecule has 0 aliphatic carbocycles. The van der Waals surface area contributed by atoms with Gasteiger partial charge in [0.05, 0.1) is 9.82 Å². The largest absolute Gasteiger partial charge is 0.375 e. The van der Waals surface area contributed by atoms with E-state index in [1.54, 1.807) is 18.2 Å². The van der Waals surface area contributed by atoms with Gasteiger partial charge in [0.1, 0.15) is 11.5 Å². The molecule has 9 heteroatoms. The smallest absolute Gasteiger partial charge is 0.293 e. The minimum atomic E-state index is -3.74. The van der Waals surface area contributed by atoms with Crippen LogP contribution in [-0.2, 0) is 16.6 Å². The molecule has 1 N–H and O–H groups in total. The fraction of sp³-hybridized carbons (Fsp3) is 0.294. The van der Waals surface area contributed by atoms with Crippen molar-refractivity contribution in [2.45, 2.75) is 24.3 Å². The zero-order valence-corrected chi connectivity index (χ0v) is 14.7. The Labute approximate surface area is 150 Å². The Morgan fingerprint density at radius 1 is 1.15 bits per heavy atom. The van der Waals surface area contributed by atoms with Gasteiger partial charge in [0, 0.05) is 31.3 Å². The van der Waals surface area contributed by atoms with E-state index in [-0.39, 0.29) is 22.8 Å². The molecule has 138 valence electrons. The molecule has 3 rings (SSSR count). The zero-order chi connectivity index (χ0) is 18.7. The molecular weight excluding hydrogens is 361 g/mol. The topological polar surface area (TPSA) is 92.5 Å². The Morgan fingerprint density at radius 2 is 1.85 bits per heavy atom. The van der Waals surface area contributed by atoms with E-state index in [0.717, 1.165) is 18.9 Å². The van der Waals surface area contributed by atoms with Gasteiger partial charge >= 0.3 is 0 Å². The molecule has 0 atom stereocenters. The lowest BCUT2D eigenvalue weighted by Gasteiger charge is -2.16. The van der Waals surface area contributed by atoms with Gasteiger partial charge in [-0.1, -0.05) is 18.2 Å². The van der Waals surface area contributed by atoms with Crippen molar-refractivity contribution in [2.24, 2.45) is 0 Å². The lowest BCUT2D eigenvalue weighted by Crippen LogP contribution is -2.27. The molecule has 1 heterocycles. The molecule has 1 saturated heterocycles. The van der Waals surface area contributed by atoms with Crippen LogP contribution < -0.4 is 5.32 Å². The van der Waals surface area contributed by atoms with E-state index in [1.807, 2.05) is 0 Å². The molecule has 26 heavy (non-hydrogen) atoms. The minimum absolute atomic E-state index is 0.0474. The van der Waals surface area contributed by atoms with Crippen LogP contribution in [0.4, 0.5) is 15.8 Å². The molecule has 1 fully saturated rings. The Kier molecular flexibility index (Phi) is 5.19. The second kappa shape index (κ2) is 7.38. The predicted octanol–water partition coefficient (Wildman–Crippen LogP) is 3.13. The Balaban J connectivity index is 1.88. The molecule has 0 unspecified atom stereocenters. The van der Waals surface area contributed by atoms with Gasteiger partial charge < -0.3 is 5.32 Å².